The number of nitrogens with one attached hydrogen (secondary N) is 2. The summed E-state index contributed by atoms with van der Waals surface area (Å²) in [5.74, 6) is -0.122. The fourth-order valence-corrected chi connectivity index (χ4v) is 2.46. The standard InChI is InChI=1S/C17H15ClN2O/c1-10-3-5-13(7-11(10)2)19-9-15-14-8-12(18)4-6-16(14)20-17(15)21/h3-9,19H,1-2H3,(H,20,21). The van der Waals surface area contributed by atoms with Crippen molar-refractivity contribution < 1.29 is 4.79 Å². The summed E-state index contributed by atoms with van der Waals surface area (Å²) in [4.78, 5) is 12.0. The molecule has 2 aromatic rings. The largest absolute Gasteiger partial charge is 0.361 e. The van der Waals surface area contributed by atoms with Gasteiger partial charge >= 0.3 is 0 Å². The number of aryl methyl sites for hydroxylation is 2. The first kappa shape index (κ1) is 13.7. The first-order valence-corrected chi connectivity index (χ1v) is 7.07. The van der Waals surface area contributed by atoms with Crippen LogP contribution in [0.15, 0.2) is 42.6 Å². The molecule has 1 amide bonds. The molecule has 2 N–H and O–H groups in total. The number of hydrogen-bond donors (Lipinski definition) is 2. The molecular weight excluding hydrogens is 284 g/mol. The number of anilines is 2. The van der Waals surface area contributed by atoms with Gasteiger partial charge in [0.05, 0.1) is 5.57 Å². The summed E-state index contributed by atoms with van der Waals surface area (Å²) < 4.78 is 0. The number of amides is 1. The molecule has 1 heterocycles. The highest BCUT2D eigenvalue weighted by Crippen LogP contribution is 2.33. The number of carbonyl (C=O) groups is 1. The second-order valence-corrected chi connectivity index (χ2v) is 5.58. The predicted molar refractivity (Wildman–Crippen MR) is 87.6 cm³/mol. The maximum atomic E-state index is 12.0. The normalized spacial score (nSPS) is 15.0. The van der Waals surface area contributed by atoms with Gasteiger partial charge in [-0.15, -0.1) is 0 Å². The van der Waals surface area contributed by atoms with E-state index in [0.29, 0.717) is 10.6 Å². The van der Waals surface area contributed by atoms with E-state index in [1.165, 1.54) is 11.1 Å². The van der Waals surface area contributed by atoms with E-state index in [9.17, 15) is 4.79 Å². The van der Waals surface area contributed by atoms with Gasteiger partial charge in [-0.25, -0.2) is 0 Å². The van der Waals surface area contributed by atoms with E-state index in [4.69, 9.17) is 11.6 Å². The fraction of sp³-hybridized carbons (Fsp3) is 0.118. The smallest absolute Gasteiger partial charge is 0.257 e. The van der Waals surface area contributed by atoms with Crippen LogP contribution in [0.5, 0.6) is 0 Å². The highest BCUT2D eigenvalue weighted by Gasteiger charge is 2.24. The van der Waals surface area contributed by atoms with Gasteiger partial charge in [-0.05, 0) is 55.3 Å². The van der Waals surface area contributed by atoms with Crippen LogP contribution in [-0.2, 0) is 4.79 Å². The molecule has 0 bridgehead atoms. The summed E-state index contributed by atoms with van der Waals surface area (Å²) in [7, 11) is 0. The molecule has 106 valence electrons. The maximum Gasteiger partial charge on any atom is 0.257 e. The van der Waals surface area contributed by atoms with E-state index in [1.807, 2.05) is 12.1 Å². The summed E-state index contributed by atoms with van der Waals surface area (Å²) in [6.07, 6.45) is 1.72. The van der Waals surface area contributed by atoms with E-state index in [-0.39, 0.29) is 5.91 Å². The van der Waals surface area contributed by atoms with Crippen molar-refractivity contribution in [3.8, 4) is 0 Å². The lowest BCUT2D eigenvalue weighted by Gasteiger charge is -2.06. The van der Waals surface area contributed by atoms with Gasteiger partial charge in [0, 0.05) is 28.2 Å². The molecule has 2 aromatic carbocycles. The molecule has 21 heavy (non-hydrogen) atoms. The van der Waals surface area contributed by atoms with E-state index < -0.39 is 0 Å². The van der Waals surface area contributed by atoms with Crippen molar-refractivity contribution in [3.63, 3.8) is 0 Å². The van der Waals surface area contributed by atoms with Crippen molar-refractivity contribution in [2.24, 2.45) is 0 Å². The molecule has 3 nitrogen and oxygen atoms in total. The topological polar surface area (TPSA) is 41.1 Å². The number of rotatable bonds is 2. The Labute approximate surface area is 128 Å². The summed E-state index contributed by atoms with van der Waals surface area (Å²) in [5.41, 5.74) is 5.60. The first-order valence-electron chi connectivity index (χ1n) is 6.70. The molecule has 0 unspecified atom stereocenters. The van der Waals surface area contributed by atoms with Gasteiger partial charge in [0.1, 0.15) is 0 Å². The molecule has 0 atom stereocenters. The molecule has 0 fully saturated rings. The highest BCUT2D eigenvalue weighted by molar-refractivity contribution is 6.34. The van der Waals surface area contributed by atoms with Gasteiger partial charge in [-0.2, -0.15) is 0 Å². The van der Waals surface area contributed by atoms with Crippen molar-refractivity contribution in [1.82, 2.24) is 0 Å². The van der Waals surface area contributed by atoms with Crippen LogP contribution in [-0.4, -0.2) is 5.91 Å². The van der Waals surface area contributed by atoms with Crippen LogP contribution in [0.25, 0.3) is 5.57 Å². The van der Waals surface area contributed by atoms with Crippen LogP contribution in [0.3, 0.4) is 0 Å². The zero-order valence-electron chi connectivity index (χ0n) is 11.8. The summed E-state index contributed by atoms with van der Waals surface area (Å²) in [6, 6.07) is 11.5. The van der Waals surface area contributed by atoms with Crippen molar-refractivity contribution >= 4 is 34.5 Å². The molecule has 4 heteroatoms. The molecule has 0 aliphatic carbocycles. The van der Waals surface area contributed by atoms with Gasteiger partial charge in [0.25, 0.3) is 5.91 Å². The van der Waals surface area contributed by atoms with Crippen molar-refractivity contribution in [3.05, 3.63) is 64.3 Å². The number of benzene rings is 2. The second kappa shape index (κ2) is 5.26. The zero-order valence-corrected chi connectivity index (χ0v) is 12.6. The molecular formula is C17H15ClN2O. The molecule has 0 radical (unpaired) electrons. The van der Waals surface area contributed by atoms with Crippen LogP contribution in [0.1, 0.15) is 16.7 Å². The Balaban J connectivity index is 1.92. The van der Waals surface area contributed by atoms with E-state index in [1.54, 1.807) is 18.3 Å². The minimum absolute atomic E-state index is 0.122. The number of fused-ring (bicyclic) bond motifs is 1. The van der Waals surface area contributed by atoms with Gasteiger partial charge < -0.3 is 10.6 Å². The SMILES string of the molecule is Cc1ccc(NC=C2C(=O)Nc3ccc(Cl)cc32)cc1C. The van der Waals surface area contributed by atoms with Crippen molar-refractivity contribution in [2.75, 3.05) is 10.6 Å². The quantitative estimate of drug-likeness (QED) is 0.809. The van der Waals surface area contributed by atoms with Crippen LogP contribution in [0, 0.1) is 13.8 Å². The Morgan fingerprint density at radius 1 is 1.10 bits per heavy atom. The minimum atomic E-state index is -0.122. The molecule has 0 spiro atoms. The van der Waals surface area contributed by atoms with Gasteiger partial charge in [-0.1, -0.05) is 17.7 Å². The van der Waals surface area contributed by atoms with Gasteiger partial charge in [0.15, 0.2) is 0 Å². The minimum Gasteiger partial charge on any atom is -0.361 e. The summed E-state index contributed by atoms with van der Waals surface area (Å²) in [5, 5.41) is 6.62. The Hall–Kier alpha value is -2.26. The molecule has 3 rings (SSSR count). The monoisotopic (exact) mass is 298 g/mol. The third-order valence-corrected chi connectivity index (χ3v) is 3.89. The Morgan fingerprint density at radius 3 is 2.67 bits per heavy atom. The van der Waals surface area contributed by atoms with Crippen molar-refractivity contribution in [1.29, 1.82) is 0 Å². The van der Waals surface area contributed by atoms with Gasteiger partial charge in [0.2, 0.25) is 0 Å². The maximum absolute atomic E-state index is 12.0. The van der Waals surface area contributed by atoms with E-state index in [2.05, 4.69) is 36.6 Å². The Kier molecular flexibility index (Phi) is 3.43. The lowest BCUT2D eigenvalue weighted by atomic mass is 10.1. The molecule has 0 saturated heterocycles. The molecule has 0 aromatic heterocycles. The average Bonchev–Trinajstić information content (AvgIpc) is 2.75. The number of hydrogen-bond acceptors (Lipinski definition) is 2. The van der Waals surface area contributed by atoms with Crippen LogP contribution < -0.4 is 10.6 Å². The predicted octanol–water partition coefficient (Wildman–Crippen LogP) is 4.36. The Bertz CT molecular complexity index is 765. The Morgan fingerprint density at radius 2 is 1.90 bits per heavy atom. The fourth-order valence-electron chi connectivity index (χ4n) is 2.29. The average molecular weight is 299 g/mol. The van der Waals surface area contributed by atoms with Crippen LogP contribution in [0.4, 0.5) is 11.4 Å². The second-order valence-electron chi connectivity index (χ2n) is 5.15. The van der Waals surface area contributed by atoms with Gasteiger partial charge in [-0.3, -0.25) is 4.79 Å². The summed E-state index contributed by atoms with van der Waals surface area (Å²) >= 11 is 6.01. The molecule has 1 aliphatic rings. The molecule has 1 aliphatic heterocycles. The third-order valence-electron chi connectivity index (χ3n) is 3.65. The first-order chi connectivity index (χ1) is 10.0. The summed E-state index contributed by atoms with van der Waals surface area (Å²) in [6.45, 7) is 4.13. The van der Waals surface area contributed by atoms with Crippen LogP contribution in [0.2, 0.25) is 5.02 Å². The highest BCUT2D eigenvalue weighted by atomic mass is 35.5. The number of carbonyl (C=O) groups excluding carboxylic acids is 1. The lowest BCUT2D eigenvalue weighted by Crippen LogP contribution is -2.05. The number of halogens is 1. The van der Waals surface area contributed by atoms with E-state index in [0.717, 1.165) is 16.9 Å². The third kappa shape index (κ3) is 2.65. The van der Waals surface area contributed by atoms with Crippen LogP contribution >= 0.6 is 11.6 Å². The lowest BCUT2D eigenvalue weighted by molar-refractivity contribution is -0.110. The van der Waals surface area contributed by atoms with Crippen molar-refractivity contribution in [2.45, 2.75) is 13.8 Å². The molecule has 0 saturated carbocycles. The van der Waals surface area contributed by atoms with E-state index >= 15 is 0 Å². The zero-order chi connectivity index (χ0) is 15.0.